The number of ketones is 1. The van der Waals surface area contributed by atoms with Gasteiger partial charge in [-0.2, -0.15) is 0 Å². The first-order valence-electron chi connectivity index (χ1n) is 19.7. The first kappa shape index (κ1) is 41.7. The van der Waals surface area contributed by atoms with Crippen LogP contribution in [-0.4, -0.2) is 102 Å². The molecule has 3 aliphatic rings. The molecule has 0 saturated carbocycles. The monoisotopic (exact) mass is 831 g/mol. The first-order valence-corrected chi connectivity index (χ1v) is 20.1. The van der Waals surface area contributed by atoms with Crippen molar-refractivity contribution >= 4 is 63.6 Å². The van der Waals surface area contributed by atoms with E-state index in [1.807, 2.05) is 0 Å². The van der Waals surface area contributed by atoms with Crippen LogP contribution in [0.15, 0.2) is 55.0 Å². The van der Waals surface area contributed by atoms with E-state index in [0.717, 1.165) is 43.4 Å². The molecule has 59 heavy (non-hydrogen) atoms. The van der Waals surface area contributed by atoms with E-state index in [1.54, 1.807) is 36.5 Å². The Bertz CT molecular complexity index is 2250. The van der Waals surface area contributed by atoms with Crippen molar-refractivity contribution in [2.75, 3.05) is 24.2 Å². The summed E-state index contributed by atoms with van der Waals surface area (Å²) in [7, 11) is 0. The number of ether oxygens (including phenoxy) is 2. The lowest BCUT2D eigenvalue weighted by Crippen LogP contribution is -2.54. The fourth-order valence-corrected chi connectivity index (χ4v) is 8.00. The van der Waals surface area contributed by atoms with Crippen LogP contribution in [0.1, 0.15) is 103 Å². The van der Waals surface area contributed by atoms with E-state index in [4.69, 9.17) is 26.8 Å². The Morgan fingerprint density at radius 2 is 1.76 bits per heavy atom. The normalized spacial score (nSPS) is 22.2. The average Bonchev–Trinajstić information content (AvgIpc) is 3.86. The average molecular weight is 832 g/mol. The predicted molar refractivity (Wildman–Crippen MR) is 213 cm³/mol. The van der Waals surface area contributed by atoms with Crippen LogP contribution in [0.2, 0.25) is 5.02 Å². The standard InChI is InChI=1S/C41H46ClN7O10/c42-26-13-12-22(32(52)35-33(53)34(54)41(59-35)48-18-16-25-36(43)45-21-46-37(25)48)19-29(26)58-20-23(50)9-6-4-2-1-3-5-7-17-44-27-11-8-10-24-31(27)40(57)49(39(24)56)28-14-15-30(51)47-38(28)55/h8,10-13,16,18-19,21,28,32-35,41,44,52-54H,1-7,9,14-15,17,20H2,(H2,43,45,46)(H,47,51,55)/t28?,32-,33+,34-,35-,41-/m1/s1. The lowest BCUT2D eigenvalue weighted by atomic mass is 9.99. The van der Waals surface area contributed by atoms with Crippen molar-refractivity contribution in [1.29, 1.82) is 0 Å². The summed E-state index contributed by atoms with van der Waals surface area (Å²) >= 11 is 6.35. The number of rotatable bonds is 18. The van der Waals surface area contributed by atoms with Crippen LogP contribution in [0, 0.1) is 0 Å². The van der Waals surface area contributed by atoms with Crippen molar-refractivity contribution in [3.8, 4) is 5.75 Å². The summed E-state index contributed by atoms with van der Waals surface area (Å²) in [4.78, 5) is 72.1. The Hall–Kier alpha value is -5.46. The van der Waals surface area contributed by atoms with Crippen molar-refractivity contribution in [2.45, 2.75) is 101 Å². The van der Waals surface area contributed by atoms with Crippen LogP contribution in [0.25, 0.3) is 11.0 Å². The summed E-state index contributed by atoms with van der Waals surface area (Å²) in [6, 6.07) is 10.2. The van der Waals surface area contributed by atoms with E-state index < -0.39 is 60.3 Å². The van der Waals surface area contributed by atoms with Gasteiger partial charge >= 0.3 is 0 Å². The van der Waals surface area contributed by atoms with Gasteiger partial charge in [-0.1, -0.05) is 55.8 Å². The van der Waals surface area contributed by atoms with Crippen molar-refractivity contribution in [1.82, 2.24) is 24.8 Å². The van der Waals surface area contributed by atoms with E-state index in [9.17, 15) is 39.3 Å². The molecule has 4 amide bonds. The van der Waals surface area contributed by atoms with Gasteiger partial charge in [-0.3, -0.25) is 34.2 Å². The zero-order chi connectivity index (χ0) is 41.8. The predicted octanol–water partition coefficient (Wildman–Crippen LogP) is 3.60. The molecular formula is C41H46ClN7O10. The maximum Gasteiger partial charge on any atom is 0.264 e. The summed E-state index contributed by atoms with van der Waals surface area (Å²) in [6.07, 6.45) is 3.20. The minimum atomic E-state index is -1.45. The highest BCUT2D eigenvalue weighted by atomic mass is 35.5. The molecule has 2 aromatic carbocycles. The van der Waals surface area contributed by atoms with Crippen LogP contribution in [-0.2, 0) is 19.1 Å². The number of benzene rings is 2. The molecule has 1 unspecified atom stereocenters. The van der Waals surface area contributed by atoms with Crippen molar-refractivity contribution < 1.29 is 48.8 Å². The number of aliphatic hydroxyl groups is 3. The van der Waals surface area contributed by atoms with Crippen molar-refractivity contribution in [3.63, 3.8) is 0 Å². The maximum absolute atomic E-state index is 13.3. The summed E-state index contributed by atoms with van der Waals surface area (Å²) < 4.78 is 13.2. The van der Waals surface area contributed by atoms with Crippen molar-refractivity contribution in [3.05, 3.63) is 76.7 Å². The molecule has 7 N–H and O–H groups in total. The summed E-state index contributed by atoms with van der Waals surface area (Å²) in [5.41, 5.74) is 7.66. The Morgan fingerprint density at radius 3 is 2.54 bits per heavy atom. The molecule has 5 heterocycles. The number of nitrogens with zero attached hydrogens (tertiary/aromatic N) is 4. The number of unbranched alkanes of at least 4 members (excludes halogenated alkanes) is 6. The van der Waals surface area contributed by atoms with Gasteiger partial charge < -0.3 is 40.4 Å². The Balaban J connectivity index is 0.790. The first-order chi connectivity index (χ1) is 28.4. The van der Waals surface area contributed by atoms with Gasteiger partial charge in [-0.25, -0.2) is 9.97 Å². The number of anilines is 2. The number of halogens is 1. The largest absolute Gasteiger partial charge is 0.484 e. The molecule has 2 aromatic heterocycles. The van der Waals surface area contributed by atoms with E-state index in [1.165, 1.54) is 23.0 Å². The number of hydrogen-bond donors (Lipinski definition) is 6. The second-order valence-corrected chi connectivity index (χ2v) is 15.4. The summed E-state index contributed by atoms with van der Waals surface area (Å²) in [5, 5.41) is 39.2. The van der Waals surface area contributed by atoms with Gasteiger partial charge in [0.2, 0.25) is 11.8 Å². The molecule has 17 nitrogen and oxygen atoms in total. The number of carbonyl (C=O) groups is 5. The third kappa shape index (κ3) is 8.79. The van der Waals surface area contributed by atoms with Gasteiger partial charge in [0.15, 0.2) is 12.0 Å². The summed E-state index contributed by atoms with van der Waals surface area (Å²) in [5.74, 6) is -1.81. The molecule has 0 bridgehead atoms. The van der Waals surface area contributed by atoms with Crippen molar-refractivity contribution in [2.24, 2.45) is 0 Å². The number of imide groups is 2. The maximum atomic E-state index is 13.3. The molecule has 6 atom stereocenters. The second kappa shape index (κ2) is 18.2. The van der Waals surface area contributed by atoms with Gasteiger partial charge in [0.25, 0.3) is 11.8 Å². The number of nitrogen functional groups attached to an aromatic ring is 1. The van der Waals surface area contributed by atoms with E-state index in [0.29, 0.717) is 41.7 Å². The third-order valence-electron chi connectivity index (χ3n) is 11.0. The quantitative estimate of drug-likeness (QED) is 0.0620. The van der Waals surface area contributed by atoms with Gasteiger partial charge in [-0.15, -0.1) is 0 Å². The number of nitrogens with one attached hydrogen (secondary N) is 2. The fraction of sp³-hybridized carbons (Fsp3) is 0.439. The lowest BCUT2D eigenvalue weighted by molar-refractivity contribution is -0.136. The molecule has 4 aromatic rings. The van der Waals surface area contributed by atoms with Gasteiger partial charge in [0, 0.05) is 31.3 Å². The number of fused-ring (bicyclic) bond motifs is 2. The second-order valence-electron chi connectivity index (χ2n) is 15.0. The molecule has 18 heteroatoms. The molecule has 0 spiro atoms. The molecule has 3 aliphatic heterocycles. The zero-order valence-corrected chi connectivity index (χ0v) is 32.8. The van der Waals surface area contributed by atoms with Crippen LogP contribution in [0.5, 0.6) is 5.75 Å². The Kier molecular flexibility index (Phi) is 12.9. The van der Waals surface area contributed by atoms with Gasteiger partial charge in [-0.05, 0) is 55.2 Å². The SMILES string of the molecule is Nc1ncnc2c1ccn2[C@@H]1O[C@H]([C@H](O)c2ccc(Cl)c(OCC(=O)CCCCCCCCCNc3cccc4c3C(=O)N(C3CCC(=O)NC3=O)C4=O)c2)[C@@H](O)[C@H]1O. The number of aliphatic hydroxyl groups excluding tert-OH is 3. The molecule has 7 rings (SSSR count). The highest BCUT2D eigenvalue weighted by Crippen LogP contribution is 2.39. The van der Waals surface area contributed by atoms with E-state index >= 15 is 0 Å². The molecular weight excluding hydrogens is 786 g/mol. The molecule has 0 radical (unpaired) electrons. The minimum Gasteiger partial charge on any atom is -0.484 e. The minimum absolute atomic E-state index is 0.0611. The number of piperidine rings is 1. The molecule has 0 aliphatic carbocycles. The Morgan fingerprint density at radius 1 is 1.00 bits per heavy atom. The topological polar surface area (TPSA) is 249 Å². The Labute approximate surface area is 343 Å². The number of amides is 4. The van der Waals surface area contributed by atoms with Crippen LogP contribution in [0.4, 0.5) is 11.5 Å². The number of aromatic nitrogens is 3. The number of nitrogens with two attached hydrogens (primary N) is 1. The molecule has 2 saturated heterocycles. The third-order valence-corrected chi connectivity index (χ3v) is 11.3. The van der Waals surface area contributed by atoms with Gasteiger partial charge in [0.1, 0.15) is 60.6 Å². The number of hydrogen-bond acceptors (Lipinski definition) is 14. The van der Waals surface area contributed by atoms with E-state index in [-0.39, 0.29) is 52.9 Å². The van der Waals surface area contributed by atoms with Crippen LogP contribution < -0.4 is 21.1 Å². The summed E-state index contributed by atoms with van der Waals surface area (Å²) in [6.45, 7) is 0.385. The van der Waals surface area contributed by atoms with Crippen LogP contribution in [0.3, 0.4) is 0 Å². The highest BCUT2D eigenvalue weighted by molar-refractivity contribution is 6.32. The lowest BCUT2D eigenvalue weighted by Gasteiger charge is -2.27. The fourth-order valence-electron chi connectivity index (χ4n) is 7.82. The highest BCUT2D eigenvalue weighted by Gasteiger charge is 2.48. The number of carbonyl (C=O) groups excluding carboxylic acids is 5. The molecule has 2 fully saturated rings. The smallest absolute Gasteiger partial charge is 0.264 e. The number of Topliss-reactive ketones (excluding diaryl/α,β-unsaturated/α-hetero) is 1. The molecule has 312 valence electrons. The van der Waals surface area contributed by atoms with Gasteiger partial charge in [0.05, 0.1) is 21.5 Å². The van der Waals surface area contributed by atoms with Crippen LogP contribution >= 0.6 is 11.6 Å². The zero-order valence-electron chi connectivity index (χ0n) is 32.1. The van der Waals surface area contributed by atoms with E-state index in [2.05, 4.69) is 20.6 Å².